The molecular formula is C28H34N2O5. The molecule has 2 aromatic rings. The maximum atomic E-state index is 12.9. The predicted molar refractivity (Wildman–Crippen MR) is 133 cm³/mol. The molecule has 186 valence electrons. The molecule has 7 nitrogen and oxygen atoms in total. The molecule has 1 fully saturated rings. The predicted octanol–water partition coefficient (Wildman–Crippen LogP) is 4.51. The van der Waals surface area contributed by atoms with Crippen molar-refractivity contribution in [3.05, 3.63) is 59.7 Å². The molecule has 0 radical (unpaired) electrons. The molecule has 7 heteroatoms. The number of likely N-dealkylation sites (tertiary alicyclic amines) is 1. The summed E-state index contributed by atoms with van der Waals surface area (Å²) in [6.07, 6.45) is 0.0806. The zero-order chi connectivity index (χ0) is 25.1. The lowest BCUT2D eigenvalue weighted by molar-refractivity contribution is -0.148. The Kier molecular flexibility index (Phi) is 7.43. The highest BCUT2D eigenvalue weighted by atomic mass is 16.5. The summed E-state index contributed by atoms with van der Waals surface area (Å²) in [4.78, 5) is 38.8. The summed E-state index contributed by atoms with van der Waals surface area (Å²) in [7, 11) is 0. The highest BCUT2D eigenvalue weighted by molar-refractivity contribution is 5.80. The van der Waals surface area contributed by atoms with E-state index in [9.17, 15) is 19.5 Å². The molecule has 3 atom stereocenters. The van der Waals surface area contributed by atoms with Crippen molar-refractivity contribution in [1.82, 2.24) is 10.2 Å². The highest BCUT2D eigenvalue weighted by Crippen LogP contribution is 2.44. The van der Waals surface area contributed by atoms with Crippen LogP contribution in [-0.2, 0) is 14.3 Å². The molecule has 0 saturated carbocycles. The lowest BCUT2D eigenvalue weighted by atomic mass is 9.86. The fraction of sp³-hybridized carbons (Fsp3) is 0.464. The first kappa shape index (κ1) is 24.8. The van der Waals surface area contributed by atoms with Crippen LogP contribution in [0.2, 0.25) is 0 Å². The second-order valence-corrected chi connectivity index (χ2v) is 10.1. The summed E-state index contributed by atoms with van der Waals surface area (Å²) in [5, 5.41) is 12.2. The minimum atomic E-state index is -0.804. The van der Waals surface area contributed by atoms with E-state index in [0.29, 0.717) is 19.5 Å². The number of nitrogens with zero attached hydrogens (tertiary/aromatic N) is 1. The number of carboxylic acids is 1. The van der Waals surface area contributed by atoms with Gasteiger partial charge in [-0.3, -0.25) is 9.59 Å². The van der Waals surface area contributed by atoms with E-state index in [1.807, 2.05) is 45.0 Å². The van der Waals surface area contributed by atoms with Gasteiger partial charge in [-0.1, -0.05) is 69.3 Å². The fourth-order valence-corrected chi connectivity index (χ4v) is 5.30. The second kappa shape index (κ2) is 10.5. The van der Waals surface area contributed by atoms with Crippen LogP contribution < -0.4 is 5.32 Å². The Bertz CT molecular complexity index is 1050. The first-order valence-electron chi connectivity index (χ1n) is 12.4. The zero-order valence-corrected chi connectivity index (χ0v) is 20.6. The number of ether oxygens (including phenoxy) is 1. The molecule has 2 amide bonds. The minimum Gasteiger partial charge on any atom is -0.481 e. The van der Waals surface area contributed by atoms with Gasteiger partial charge in [0.15, 0.2) is 0 Å². The van der Waals surface area contributed by atoms with Crippen molar-refractivity contribution < 1.29 is 24.2 Å². The molecule has 2 aromatic carbocycles. The molecule has 2 unspecified atom stereocenters. The van der Waals surface area contributed by atoms with Crippen molar-refractivity contribution in [3.63, 3.8) is 0 Å². The average Bonchev–Trinajstić information content (AvgIpc) is 3.15. The molecule has 1 aliphatic heterocycles. The molecule has 4 rings (SSSR count). The number of fused-ring (bicyclic) bond motifs is 3. The van der Waals surface area contributed by atoms with Gasteiger partial charge in [0.25, 0.3) is 0 Å². The normalized spacial score (nSPS) is 20.2. The number of carbonyl (C=O) groups excluding carboxylic acids is 2. The van der Waals surface area contributed by atoms with Crippen LogP contribution in [0.25, 0.3) is 11.1 Å². The minimum absolute atomic E-state index is 0.0238. The van der Waals surface area contributed by atoms with Gasteiger partial charge < -0.3 is 20.1 Å². The molecule has 35 heavy (non-hydrogen) atoms. The Morgan fingerprint density at radius 1 is 1.06 bits per heavy atom. The number of hydrogen-bond donors (Lipinski definition) is 2. The molecule has 1 aliphatic carbocycles. The van der Waals surface area contributed by atoms with Crippen LogP contribution in [0.1, 0.15) is 50.7 Å². The maximum absolute atomic E-state index is 12.9. The molecule has 1 heterocycles. The van der Waals surface area contributed by atoms with Gasteiger partial charge in [0.2, 0.25) is 5.91 Å². The van der Waals surface area contributed by atoms with Gasteiger partial charge in [-0.25, -0.2) is 4.79 Å². The van der Waals surface area contributed by atoms with Gasteiger partial charge in [0, 0.05) is 31.5 Å². The zero-order valence-electron chi connectivity index (χ0n) is 20.6. The second-order valence-electron chi connectivity index (χ2n) is 10.1. The van der Waals surface area contributed by atoms with Crippen molar-refractivity contribution in [1.29, 1.82) is 0 Å². The number of piperidine rings is 1. The first-order valence-corrected chi connectivity index (χ1v) is 12.4. The number of hydrogen-bond acceptors (Lipinski definition) is 4. The summed E-state index contributed by atoms with van der Waals surface area (Å²) in [6.45, 7) is 6.86. The molecule has 0 bridgehead atoms. The lowest BCUT2D eigenvalue weighted by Crippen LogP contribution is -2.48. The summed E-state index contributed by atoms with van der Waals surface area (Å²) in [5.41, 5.74) is 4.64. The summed E-state index contributed by atoms with van der Waals surface area (Å²) in [5.74, 6) is -1.38. The SMILES string of the molecule is CC1CN(C(=O)C[C@@H](NC(=O)OCC2c3ccccc3-c3ccccc32)C(C)C)CCC1C(=O)O. The van der Waals surface area contributed by atoms with Crippen LogP contribution in [0.5, 0.6) is 0 Å². The molecule has 2 aliphatic rings. The van der Waals surface area contributed by atoms with Crippen molar-refractivity contribution in [3.8, 4) is 11.1 Å². The third-order valence-corrected chi connectivity index (χ3v) is 7.42. The van der Waals surface area contributed by atoms with Crippen molar-refractivity contribution in [2.45, 2.75) is 45.6 Å². The number of nitrogens with one attached hydrogen (secondary N) is 1. The van der Waals surface area contributed by atoms with E-state index in [0.717, 1.165) is 11.1 Å². The standard InChI is InChI=1S/C28H34N2O5/c1-17(2)25(14-26(31)30-13-12-19(27(32)33)18(3)15-30)29-28(34)35-16-24-22-10-6-4-8-20(22)21-9-5-7-11-23(21)24/h4-11,17-19,24-25H,12-16H2,1-3H3,(H,29,34)(H,32,33)/t18?,19?,25-/m1/s1. The number of rotatable bonds is 7. The molecule has 0 aromatic heterocycles. The fourth-order valence-electron chi connectivity index (χ4n) is 5.30. The van der Waals surface area contributed by atoms with Crippen LogP contribution in [0.15, 0.2) is 48.5 Å². The van der Waals surface area contributed by atoms with Crippen LogP contribution in [0, 0.1) is 17.8 Å². The average molecular weight is 479 g/mol. The van der Waals surface area contributed by atoms with Crippen molar-refractivity contribution in [2.24, 2.45) is 17.8 Å². The Balaban J connectivity index is 1.34. The van der Waals surface area contributed by atoms with E-state index in [1.54, 1.807) is 4.90 Å². The molecule has 1 saturated heterocycles. The van der Waals surface area contributed by atoms with Gasteiger partial charge >= 0.3 is 12.1 Å². The quantitative estimate of drug-likeness (QED) is 0.611. The van der Waals surface area contributed by atoms with Crippen LogP contribution in [0.3, 0.4) is 0 Å². The van der Waals surface area contributed by atoms with Crippen molar-refractivity contribution >= 4 is 18.0 Å². The topological polar surface area (TPSA) is 95.9 Å². The van der Waals surface area contributed by atoms with Crippen LogP contribution >= 0.6 is 0 Å². The van der Waals surface area contributed by atoms with E-state index in [-0.39, 0.29) is 42.7 Å². The Labute approximate surface area is 206 Å². The molecule has 2 N–H and O–H groups in total. The summed E-state index contributed by atoms with van der Waals surface area (Å²) in [6, 6.07) is 16.0. The number of amides is 2. The van der Waals surface area contributed by atoms with E-state index in [1.165, 1.54) is 11.1 Å². The van der Waals surface area contributed by atoms with E-state index >= 15 is 0 Å². The highest BCUT2D eigenvalue weighted by Gasteiger charge is 2.34. The van der Waals surface area contributed by atoms with Gasteiger partial charge in [0.1, 0.15) is 6.61 Å². The molecular weight excluding hydrogens is 444 g/mol. The Hall–Kier alpha value is -3.35. The number of aliphatic carboxylic acids is 1. The maximum Gasteiger partial charge on any atom is 0.407 e. The largest absolute Gasteiger partial charge is 0.481 e. The third-order valence-electron chi connectivity index (χ3n) is 7.42. The van der Waals surface area contributed by atoms with Gasteiger partial charge in [-0.2, -0.15) is 0 Å². The Morgan fingerprint density at radius 2 is 1.66 bits per heavy atom. The summed E-state index contributed by atoms with van der Waals surface area (Å²) >= 11 is 0. The number of carbonyl (C=O) groups is 3. The van der Waals surface area contributed by atoms with Gasteiger partial charge in [0.05, 0.1) is 5.92 Å². The number of benzene rings is 2. The van der Waals surface area contributed by atoms with E-state index in [2.05, 4.69) is 29.6 Å². The van der Waals surface area contributed by atoms with Crippen LogP contribution in [-0.4, -0.2) is 53.7 Å². The Morgan fingerprint density at radius 3 is 2.20 bits per heavy atom. The first-order chi connectivity index (χ1) is 16.8. The number of carboxylic acid groups (broad SMARTS) is 1. The van der Waals surface area contributed by atoms with E-state index < -0.39 is 18.0 Å². The smallest absolute Gasteiger partial charge is 0.407 e. The summed E-state index contributed by atoms with van der Waals surface area (Å²) < 4.78 is 5.66. The van der Waals surface area contributed by atoms with Gasteiger partial charge in [-0.05, 0) is 40.5 Å². The van der Waals surface area contributed by atoms with Crippen LogP contribution in [0.4, 0.5) is 4.79 Å². The molecule has 0 spiro atoms. The monoisotopic (exact) mass is 478 g/mol. The van der Waals surface area contributed by atoms with Crippen molar-refractivity contribution in [2.75, 3.05) is 19.7 Å². The third kappa shape index (κ3) is 5.34. The van der Waals surface area contributed by atoms with E-state index in [4.69, 9.17) is 4.74 Å². The van der Waals surface area contributed by atoms with Gasteiger partial charge in [-0.15, -0.1) is 0 Å². The lowest BCUT2D eigenvalue weighted by Gasteiger charge is -2.36. The number of alkyl carbamates (subject to hydrolysis) is 1.